The molecule has 0 spiro atoms. The van der Waals surface area contributed by atoms with Gasteiger partial charge in [-0.05, 0) is 30.7 Å². The minimum atomic E-state index is -0.604. The first-order valence-electron chi connectivity index (χ1n) is 9.68. The molecule has 0 atom stereocenters. The van der Waals surface area contributed by atoms with Crippen LogP contribution in [0.1, 0.15) is 12.5 Å². The Balaban J connectivity index is 1.58. The van der Waals surface area contributed by atoms with Gasteiger partial charge in [-0.1, -0.05) is 66.7 Å². The zero-order valence-electron chi connectivity index (χ0n) is 16.7. The van der Waals surface area contributed by atoms with Crippen molar-refractivity contribution in [1.29, 1.82) is 0 Å². The smallest absolute Gasteiger partial charge is 0.331 e. The number of carbonyl (C=O) groups excluding carboxylic acids is 2. The number of anilines is 1. The van der Waals surface area contributed by atoms with Crippen LogP contribution < -0.4 is 10.1 Å². The highest BCUT2D eigenvalue weighted by molar-refractivity contribution is 5.97. The summed E-state index contributed by atoms with van der Waals surface area (Å²) in [5.74, 6) is -0.332. The standard InChI is InChI=1S/C25H23NO4/c1-2-29-23-15-9-6-12-20(23)16-17-25(28)30-18-24(27)26-22-14-8-7-13-21(22)19-10-4-3-5-11-19/h3-17H,2,18H2,1H3,(H,26,27)/b17-16+. The minimum absolute atomic E-state index is 0.376. The number of ether oxygens (including phenoxy) is 2. The van der Waals surface area contributed by atoms with Gasteiger partial charge in [0.15, 0.2) is 6.61 Å². The van der Waals surface area contributed by atoms with Crippen LogP contribution in [0.3, 0.4) is 0 Å². The van der Waals surface area contributed by atoms with Crippen LogP contribution >= 0.6 is 0 Å². The van der Waals surface area contributed by atoms with E-state index in [-0.39, 0.29) is 6.61 Å². The summed E-state index contributed by atoms with van der Waals surface area (Å²) < 4.78 is 10.6. The lowest BCUT2D eigenvalue weighted by Gasteiger charge is -2.11. The average Bonchev–Trinajstić information content (AvgIpc) is 2.78. The Labute approximate surface area is 176 Å². The van der Waals surface area contributed by atoms with Gasteiger partial charge in [0.25, 0.3) is 5.91 Å². The fraction of sp³-hybridized carbons (Fsp3) is 0.120. The van der Waals surface area contributed by atoms with Gasteiger partial charge in [-0.25, -0.2) is 4.79 Å². The summed E-state index contributed by atoms with van der Waals surface area (Å²) in [6.45, 7) is 2.04. The highest BCUT2D eigenvalue weighted by Gasteiger charge is 2.10. The number of carbonyl (C=O) groups is 2. The van der Waals surface area contributed by atoms with Gasteiger partial charge in [-0.15, -0.1) is 0 Å². The number of amides is 1. The number of esters is 1. The Kier molecular flexibility index (Phi) is 7.39. The SMILES string of the molecule is CCOc1ccccc1/C=C/C(=O)OCC(=O)Nc1ccccc1-c1ccccc1. The average molecular weight is 401 g/mol. The van der Waals surface area contributed by atoms with Gasteiger partial charge in [0.2, 0.25) is 0 Å². The molecule has 0 saturated carbocycles. The molecular weight excluding hydrogens is 378 g/mol. The Morgan fingerprint density at radius 1 is 0.900 bits per heavy atom. The lowest BCUT2D eigenvalue weighted by atomic mass is 10.0. The minimum Gasteiger partial charge on any atom is -0.493 e. The van der Waals surface area contributed by atoms with Crippen LogP contribution in [0.4, 0.5) is 5.69 Å². The number of para-hydroxylation sites is 2. The highest BCUT2D eigenvalue weighted by Crippen LogP contribution is 2.27. The van der Waals surface area contributed by atoms with Gasteiger partial charge in [-0.3, -0.25) is 4.79 Å². The van der Waals surface area contributed by atoms with Gasteiger partial charge in [0, 0.05) is 22.9 Å². The van der Waals surface area contributed by atoms with E-state index >= 15 is 0 Å². The van der Waals surface area contributed by atoms with Crippen LogP contribution in [-0.4, -0.2) is 25.1 Å². The third-order valence-corrected chi connectivity index (χ3v) is 4.25. The second-order valence-corrected chi connectivity index (χ2v) is 6.37. The first-order chi connectivity index (χ1) is 14.7. The van der Waals surface area contributed by atoms with Crippen LogP contribution in [0.2, 0.25) is 0 Å². The second-order valence-electron chi connectivity index (χ2n) is 6.37. The maximum absolute atomic E-state index is 12.3. The molecule has 0 aliphatic carbocycles. The predicted molar refractivity (Wildman–Crippen MR) is 118 cm³/mol. The zero-order valence-corrected chi connectivity index (χ0v) is 16.7. The molecule has 30 heavy (non-hydrogen) atoms. The van der Waals surface area contributed by atoms with Crippen molar-refractivity contribution in [3.8, 4) is 16.9 Å². The van der Waals surface area contributed by atoms with Crippen molar-refractivity contribution in [3.05, 3.63) is 90.5 Å². The van der Waals surface area contributed by atoms with Crippen molar-refractivity contribution < 1.29 is 19.1 Å². The summed E-state index contributed by atoms with van der Waals surface area (Å²) in [5, 5.41) is 2.80. The monoisotopic (exact) mass is 401 g/mol. The van der Waals surface area contributed by atoms with E-state index in [0.717, 1.165) is 16.7 Å². The summed E-state index contributed by atoms with van der Waals surface area (Å²) in [6.07, 6.45) is 2.89. The number of hydrogen-bond acceptors (Lipinski definition) is 4. The molecule has 152 valence electrons. The van der Waals surface area contributed by atoms with E-state index in [4.69, 9.17) is 9.47 Å². The Hall–Kier alpha value is -3.86. The van der Waals surface area contributed by atoms with Crippen molar-refractivity contribution in [2.75, 3.05) is 18.5 Å². The third-order valence-electron chi connectivity index (χ3n) is 4.25. The van der Waals surface area contributed by atoms with Gasteiger partial charge < -0.3 is 14.8 Å². The zero-order chi connectivity index (χ0) is 21.2. The van der Waals surface area contributed by atoms with Crippen molar-refractivity contribution in [2.45, 2.75) is 6.92 Å². The van der Waals surface area contributed by atoms with E-state index in [2.05, 4.69) is 5.32 Å². The largest absolute Gasteiger partial charge is 0.493 e. The Morgan fingerprint density at radius 3 is 2.40 bits per heavy atom. The Morgan fingerprint density at radius 2 is 1.60 bits per heavy atom. The molecule has 3 aromatic rings. The first-order valence-corrected chi connectivity index (χ1v) is 9.68. The first kappa shape index (κ1) is 20.9. The summed E-state index contributed by atoms with van der Waals surface area (Å²) in [6, 6.07) is 24.6. The number of hydrogen-bond donors (Lipinski definition) is 1. The van der Waals surface area contributed by atoms with Gasteiger partial charge in [-0.2, -0.15) is 0 Å². The van der Waals surface area contributed by atoms with E-state index in [0.29, 0.717) is 18.0 Å². The lowest BCUT2D eigenvalue weighted by molar-refractivity contribution is -0.142. The number of nitrogens with one attached hydrogen (secondary N) is 1. The van der Waals surface area contributed by atoms with E-state index in [9.17, 15) is 9.59 Å². The van der Waals surface area contributed by atoms with Crippen molar-refractivity contribution >= 4 is 23.6 Å². The fourth-order valence-electron chi connectivity index (χ4n) is 2.90. The van der Waals surface area contributed by atoms with Crippen LogP contribution in [0, 0.1) is 0 Å². The van der Waals surface area contributed by atoms with Crippen LogP contribution in [-0.2, 0) is 14.3 Å². The Bertz CT molecular complexity index is 1030. The molecule has 0 heterocycles. The molecule has 0 bridgehead atoms. The molecule has 0 aromatic heterocycles. The van der Waals surface area contributed by atoms with Gasteiger partial charge >= 0.3 is 5.97 Å². The molecule has 0 aliphatic rings. The van der Waals surface area contributed by atoms with Crippen LogP contribution in [0.25, 0.3) is 17.2 Å². The summed E-state index contributed by atoms with van der Waals surface area (Å²) >= 11 is 0. The molecule has 1 amide bonds. The molecule has 5 nitrogen and oxygen atoms in total. The van der Waals surface area contributed by atoms with Crippen molar-refractivity contribution in [3.63, 3.8) is 0 Å². The third kappa shape index (κ3) is 5.82. The topological polar surface area (TPSA) is 64.6 Å². The molecule has 5 heteroatoms. The van der Waals surface area contributed by atoms with Crippen LogP contribution in [0.5, 0.6) is 5.75 Å². The summed E-state index contributed by atoms with van der Waals surface area (Å²) in [7, 11) is 0. The molecule has 0 radical (unpaired) electrons. The van der Waals surface area contributed by atoms with E-state index in [1.807, 2.05) is 85.8 Å². The van der Waals surface area contributed by atoms with E-state index in [1.54, 1.807) is 6.08 Å². The van der Waals surface area contributed by atoms with Crippen molar-refractivity contribution in [1.82, 2.24) is 0 Å². The molecule has 1 N–H and O–H groups in total. The summed E-state index contributed by atoms with van der Waals surface area (Å²) in [4.78, 5) is 24.3. The van der Waals surface area contributed by atoms with E-state index < -0.39 is 11.9 Å². The molecule has 0 unspecified atom stereocenters. The second kappa shape index (κ2) is 10.6. The maximum atomic E-state index is 12.3. The molecule has 3 aromatic carbocycles. The summed E-state index contributed by atoms with van der Waals surface area (Å²) in [5.41, 5.74) is 3.30. The molecule has 3 rings (SSSR count). The highest BCUT2D eigenvalue weighted by atomic mass is 16.5. The molecular formula is C25H23NO4. The normalized spacial score (nSPS) is 10.6. The quantitative estimate of drug-likeness (QED) is 0.429. The van der Waals surface area contributed by atoms with Crippen LogP contribution in [0.15, 0.2) is 84.9 Å². The van der Waals surface area contributed by atoms with Crippen molar-refractivity contribution in [2.24, 2.45) is 0 Å². The predicted octanol–water partition coefficient (Wildman–Crippen LogP) is 4.95. The van der Waals surface area contributed by atoms with Gasteiger partial charge in [0.05, 0.1) is 6.61 Å². The molecule has 0 fully saturated rings. The van der Waals surface area contributed by atoms with E-state index in [1.165, 1.54) is 6.08 Å². The molecule has 0 aliphatic heterocycles. The lowest BCUT2D eigenvalue weighted by Crippen LogP contribution is -2.20. The van der Waals surface area contributed by atoms with Gasteiger partial charge in [0.1, 0.15) is 5.75 Å². The fourth-order valence-corrected chi connectivity index (χ4v) is 2.90. The maximum Gasteiger partial charge on any atom is 0.331 e. The number of benzene rings is 3. The number of rotatable bonds is 8. The molecule has 0 saturated heterocycles.